The first kappa shape index (κ1) is 18.9. The Morgan fingerprint density at radius 2 is 2.19 bits per heavy atom. The number of rotatable bonds is 6. The normalized spacial score (nSPS) is 18.2. The van der Waals surface area contributed by atoms with Crippen molar-refractivity contribution in [3.63, 3.8) is 0 Å². The van der Waals surface area contributed by atoms with Gasteiger partial charge in [0.1, 0.15) is 11.4 Å². The van der Waals surface area contributed by atoms with E-state index in [1.807, 2.05) is 0 Å². The van der Waals surface area contributed by atoms with Gasteiger partial charge in [0.25, 0.3) is 11.6 Å². The summed E-state index contributed by atoms with van der Waals surface area (Å²) in [5, 5.41) is 14.3. The molecule has 0 saturated carbocycles. The fraction of sp³-hybridized carbons (Fsp3) is 0.353. The minimum Gasteiger partial charge on any atom is -0.467 e. The summed E-state index contributed by atoms with van der Waals surface area (Å²) in [5.74, 6) is 0.134. The maximum atomic E-state index is 12.6. The molecule has 27 heavy (non-hydrogen) atoms. The van der Waals surface area contributed by atoms with Crippen molar-refractivity contribution in [2.45, 2.75) is 19.0 Å². The lowest BCUT2D eigenvalue weighted by Crippen LogP contribution is -2.37. The summed E-state index contributed by atoms with van der Waals surface area (Å²) in [7, 11) is -1.62. The van der Waals surface area contributed by atoms with Crippen LogP contribution in [-0.2, 0) is 16.4 Å². The Bertz CT molecular complexity index is 955. The quantitative estimate of drug-likeness (QED) is 0.588. The Morgan fingerprint density at radius 3 is 2.78 bits per heavy atom. The minimum absolute atomic E-state index is 0.0467. The molecule has 2 heterocycles. The van der Waals surface area contributed by atoms with Gasteiger partial charge in [0.05, 0.1) is 29.2 Å². The second-order valence-corrected chi connectivity index (χ2v) is 8.62. The van der Waals surface area contributed by atoms with Crippen molar-refractivity contribution < 1.29 is 22.6 Å². The molecular weight excluding hydrogens is 374 g/mol. The molecule has 1 atom stereocenters. The molecule has 1 N–H and O–H groups in total. The van der Waals surface area contributed by atoms with Crippen molar-refractivity contribution in [1.82, 2.24) is 4.90 Å². The fourth-order valence-electron chi connectivity index (χ4n) is 3.01. The Balaban J connectivity index is 1.78. The van der Waals surface area contributed by atoms with Crippen molar-refractivity contribution in [2.75, 3.05) is 23.9 Å². The highest BCUT2D eigenvalue weighted by Gasteiger charge is 2.33. The molecule has 0 aliphatic carbocycles. The molecule has 1 fully saturated rings. The van der Waals surface area contributed by atoms with E-state index in [0.29, 0.717) is 12.2 Å². The van der Waals surface area contributed by atoms with E-state index in [-0.39, 0.29) is 35.0 Å². The van der Waals surface area contributed by atoms with Crippen molar-refractivity contribution in [3.8, 4) is 0 Å². The number of amides is 1. The number of hydrogen-bond acceptors (Lipinski definition) is 7. The van der Waals surface area contributed by atoms with Gasteiger partial charge in [-0.2, -0.15) is 0 Å². The van der Waals surface area contributed by atoms with Gasteiger partial charge in [0.15, 0.2) is 9.84 Å². The van der Waals surface area contributed by atoms with Gasteiger partial charge in [-0.25, -0.2) is 8.42 Å². The number of nitrogens with one attached hydrogen (secondary N) is 1. The minimum atomic E-state index is -3.13. The van der Waals surface area contributed by atoms with Crippen LogP contribution in [0.15, 0.2) is 41.0 Å². The molecule has 144 valence electrons. The zero-order chi connectivity index (χ0) is 19.6. The molecule has 1 aliphatic rings. The predicted molar refractivity (Wildman–Crippen MR) is 98.3 cm³/mol. The van der Waals surface area contributed by atoms with Crippen LogP contribution >= 0.6 is 0 Å². The number of carbonyl (C=O) groups is 1. The standard InChI is InChI=1S/C17H19N3O6S/c1-19(13-6-8-27(24,25)11-13)17(21)12-4-5-15(16(9-12)20(22)23)18-10-14-3-2-7-26-14/h2-5,7,9,13,18H,6,8,10-11H2,1H3. The van der Waals surface area contributed by atoms with E-state index in [0.717, 1.165) is 0 Å². The summed E-state index contributed by atoms with van der Waals surface area (Å²) >= 11 is 0. The van der Waals surface area contributed by atoms with E-state index in [1.165, 1.54) is 36.4 Å². The van der Waals surface area contributed by atoms with Crippen molar-refractivity contribution in [1.29, 1.82) is 0 Å². The monoisotopic (exact) mass is 393 g/mol. The summed E-state index contributed by atoms with van der Waals surface area (Å²) in [5.41, 5.74) is 0.163. The number of nitro benzene ring substituents is 1. The molecule has 1 amide bonds. The molecule has 0 radical (unpaired) electrons. The van der Waals surface area contributed by atoms with Crippen molar-refractivity contribution in [3.05, 3.63) is 58.0 Å². The van der Waals surface area contributed by atoms with Gasteiger partial charge in [0, 0.05) is 24.7 Å². The number of nitro groups is 1. The highest BCUT2D eigenvalue weighted by molar-refractivity contribution is 7.91. The fourth-order valence-corrected chi connectivity index (χ4v) is 4.79. The van der Waals surface area contributed by atoms with Gasteiger partial charge in [-0.15, -0.1) is 0 Å². The van der Waals surface area contributed by atoms with Crippen molar-refractivity contribution in [2.24, 2.45) is 0 Å². The van der Waals surface area contributed by atoms with Gasteiger partial charge in [-0.1, -0.05) is 0 Å². The summed E-state index contributed by atoms with van der Waals surface area (Å²) in [6, 6.07) is 7.19. The number of furan rings is 1. The number of sulfone groups is 1. The lowest BCUT2D eigenvalue weighted by Gasteiger charge is -2.23. The first-order chi connectivity index (χ1) is 12.8. The second-order valence-electron chi connectivity index (χ2n) is 6.39. The molecule has 1 aromatic carbocycles. The van der Waals surface area contributed by atoms with Crippen LogP contribution in [0.4, 0.5) is 11.4 Å². The average Bonchev–Trinajstić information content (AvgIpc) is 3.27. The molecule has 0 spiro atoms. The zero-order valence-electron chi connectivity index (χ0n) is 14.6. The topological polar surface area (TPSA) is 123 Å². The number of nitrogens with zero attached hydrogens (tertiary/aromatic N) is 2. The molecule has 10 heteroatoms. The number of carbonyl (C=O) groups excluding carboxylic acids is 1. The summed E-state index contributed by atoms with van der Waals surface area (Å²) in [4.78, 5) is 24.8. The lowest BCUT2D eigenvalue weighted by atomic mass is 10.1. The third-order valence-electron chi connectivity index (χ3n) is 4.55. The summed E-state index contributed by atoms with van der Waals surface area (Å²) in [6.07, 6.45) is 1.88. The van der Waals surface area contributed by atoms with Crippen LogP contribution in [0.3, 0.4) is 0 Å². The lowest BCUT2D eigenvalue weighted by molar-refractivity contribution is -0.384. The van der Waals surface area contributed by atoms with Gasteiger partial charge in [-0.05, 0) is 30.7 Å². The molecule has 1 aromatic heterocycles. The number of hydrogen-bond donors (Lipinski definition) is 1. The zero-order valence-corrected chi connectivity index (χ0v) is 15.4. The first-order valence-corrected chi connectivity index (χ1v) is 10.1. The van der Waals surface area contributed by atoms with Crippen LogP contribution in [0, 0.1) is 10.1 Å². The molecule has 1 aliphatic heterocycles. The van der Waals surface area contributed by atoms with Crippen LogP contribution in [-0.4, -0.2) is 48.7 Å². The van der Waals surface area contributed by atoms with Crippen LogP contribution in [0.25, 0.3) is 0 Å². The summed E-state index contributed by atoms with van der Waals surface area (Å²) in [6.45, 7) is 0.265. The molecule has 3 rings (SSSR count). The maximum Gasteiger partial charge on any atom is 0.293 e. The van der Waals surface area contributed by atoms with Gasteiger partial charge in [-0.3, -0.25) is 14.9 Å². The first-order valence-electron chi connectivity index (χ1n) is 8.29. The smallest absolute Gasteiger partial charge is 0.293 e. The largest absolute Gasteiger partial charge is 0.467 e. The molecule has 1 saturated heterocycles. The Hall–Kier alpha value is -2.88. The van der Waals surface area contributed by atoms with E-state index in [4.69, 9.17) is 4.42 Å². The Morgan fingerprint density at radius 1 is 1.41 bits per heavy atom. The third kappa shape index (κ3) is 4.27. The SMILES string of the molecule is CN(C(=O)c1ccc(NCc2ccco2)c([N+](=O)[O-])c1)C1CCS(=O)(=O)C1. The highest BCUT2D eigenvalue weighted by atomic mass is 32.2. The number of benzene rings is 1. The van der Waals surface area contributed by atoms with Crippen molar-refractivity contribution >= 4 is 27.1 Å². The average molecular weight is 393 g/mol. The van der Waals surface area contributed by atoms with Gasteiger partial charge >= 0.3 is 0 Å². The third-order valence-corrected chi connectivity index (χ3v) is 6.30. The molecular formula is C17H19N3O6S. The highest BCUT2D eigenvalue weighted by Crippen LogP contribution is 2.27. The van der Waals surface area contributed by atoms with E-state index < -0.39 is 26.7 Å². The molecule has 1 unspecified atom stereocenters. The van der Waals surface area contributed by atoms with Crippen LogP contribution < -0.4 is 5.32 Å². The van der Waals surface area contributed by atoms with E-state index >= 15 is 0 Å². The maximum absolute atomic E-state index is 12.6. The van der Waals surface area contributed by atoms with Crippen LogP contribution in [0.2, 0.25) is 0 Å². The summed E-state index contributed by atoms with van der Waals surface area (Å²) < 4.78 is 28.4. The van der Waals surface area contributed by atoms with Crippen LogP contribution in [0.5, 0.6) is 0 Å². The van der Waals surface area contributed by atoms with Gasteiger partial charge < -0.3 is 14.6 Å². The number of anilines is 1. The molecule has 2 aromatic rings. The van der Waals surface area contributed by atoms with Crippen LogP contribution in [0.1, 0.15) is 22.5 Å². The van der Waals surface area contributed by atoms with Gasteiger partial charge in [0.2, 0.25) is 0 Å². The Kier molecular flexibility index (Phi) is 5.17. The van der Waals surface area contributed by atoms with E-state index in [2.05, 4.69) is 5.32 Å². The Labute approximate surface area is 156 Å². The van der Waals surface area contributed by atoms with E-state index in [1.54, 1.807) is 12.1 Å². The predicted octanol–water partition coefficient (Wildman–Crippen LogP) is 2.06. The second kappa shape index (κ2) is 7.39. The van der Waals surface area contributed by atoms with E-state index in [9.17, 15) is 23.3 Å². The molecule has 9 nitrogen and oxygen atoms in total. The molecule has 0 bridgehead atoms.